The van der Waals surface area contributed by atoms with Gasteiger partial charge in [0.25, 0.3) is 0 Å². The van der Waals surface area contributed by atoms with Crippen LogP contribution in [0.15, 0.2) is 0 Å². The van der Waals surface area contributed by atoms with E-state index in [9.17, 15) is 9.59 Å². The zero-order valence-corrected chi connectivity index (χ0v) is 12.0. The Balaban J connectivity index is 1.83. The number of ether oxygens (including phenoxy) is 2. The average molecular weight is 279 g/mol. The van der Waals surface area contributed by atoms with Crippen LogP contribution in [0.25, 0.3) is 0 Å². The van der Waals surface area contributed by atoms with Gasteiger partial charge in [-0.2, -0.15) is 0 Å². The number of carbonyl (C=O) groups is 2. The fourth-order valence-electron chi connectivity index (χ4n) is 4.65. The van der Waals surface area contributed by atoms with E-state index in [2.05, 4.69) is 0 Å². The van der Waals surface area contributed by atoms with Gasteiger partial charge in [0.2, 0.25) is 0 Å². The van der Waals surface area contributed by atoms with Crippen molar-refractivity contribution in [2.75, 3.05) is 0 Å². The van der Waals surface area contributed by atoms with Crippen molar-refractivity contribution in [2.45, 2.75) is 58.2 Å². The molecule has 3 rings (SSSR count). The monoisotopic (exact) mass is 279 g/mol. The van der Waals surface area contributed by atoms with Gasteiger partial charge >= 0.3 is 11.9 Å². The minimum atomic E-state index is -0.393. The molecule has 0 radical (unpaired) electrons. The van der Waals surface area contributed by atoms with Crippen molar-refractivity contribution in [3.8, 4) is 0 Å². The van der Waals surface area contributed by atoms with Gasteiger partial charge in [-0.25, -0.2) is 0 Å². The van der Waals surface area contributed by atoms with Crippen LogP contribution >= 0.6 is 0 Å². The van der Waals surface area contributed by atoms with Crippen molar-refractivity contribution in [3.05, 3.63) is 0 Å². The Morgan fingerprint density at radius 1 is 1.10 bits per heavy atom. The standard InChI is InChI=1S/C15H21NO4/c1-8(17)19-12-6-15(7-13(12)20-9(2)18)11-4-3-10(5-11)14(15)16/h10-13,16H,3-7H2,1-2H3/t10-,11+,12+,13+/m1/s1. The molecule has 5 heteroatoms. The molecule has 20 heavy (non-hydrogen) atoms. The molecule has 0 aromatic heterocycles. The Morgan fingerprint density at radius 2 is 1.65 bits per heavy atom. The van der Waals surface area contributed by atoms with Gasteiger partial charge in [-0.05, 0) is 43.9 Å². The Hall–Kier alpha value is -1.39. The maximum atomic E-state index is 11.3. The first-order valence-electron chi connectivity index (χ1n) is 7.36. The lowest BCUT2D eigenvalue weighted by Crippen LogP contribution is -2.35. The van der Waals surface area contributed by atoms with Gasteiger partial charge in [0.05, 0.1) is 0 Å². The average Bonchev–Trinajstić information content (AvgIpc) is 2.98. The quantitative estimate of drug-likeness (QED) is 0.785. The normalized spacial score (nSPS) is 37.4. The molecule has 3 aliphatic carbocycles. The summed E-state index contributed by atoms with van der Waals surface area (Å²) < 4.78 is 10.7. The number of hydrogen-bond acceptors (Lipinski definition) is 5. The summed E-state index contributed by atoms with van der Waals surface area (Å²) in [6.45, 7) is 2.75. The van der Waals surface area contributed by atoms with Crippen LogP contribution in [0.2, 0.25) is 0 Å². The van der Waals surface area contributed by atoms with Crippen molar-refractivity contribution in [2.24, 2.45) is 17.3 Å². The van der Waals surface area contributed by atoms with Crippen molar-refractivity contribution in [3.63, 3.8) is 0 Å². The molecule has 0 saturated heterocycles. The Bertz CT molecular complexity index is 448. The molecular formula is C15H21NO4. The minimum absolute atomic E-state index is 0.191. The van der Waals surface area contributed by atoms with Crippen molar-refractivity contribution < 1.29 is 19.1 Å². The molecule has 5 nitrogen and oxygen atoms in total. The first kappa shape index (κ1) is 13.6. The lowest BCUT2D eigenvalue weighted by Gasteiger charge is -2.34. The predicted molar refractivity (Wildman–Crippen MR) is 71.3 cm³/mol. The minimum Gasteiger partial charge on any atom is -0.459 e. The van der Waals surface area contributed by atoms with E-state index in [1.165, 1.54) is 13.8 Å². The highest BCUT2D eigenvalue weighted by molar-refractivity contribution is 5.93. The highest BCUT2D eigenvalue weighted by Gasteiger charge is 2.61. The first-order chi connectivity index (χ1) is 9.42. The van der Waals surface area contributed by atoms with Gasteiger partial charge in [-0.3, -0.25) is 9.59 Å². The molecule has 1 N–H and O–H groups in total. The van der Waals surface area contributed by atoms with E-state index >= 15 is 0 Å². The van der Waals surface area contributed by atoms with Crippen LogP contribution in [0.4, 0.5) is 0 Å². The summed E-state index contributed by atoms with van der Waals surface area (Å²) in [4.78, 5) is 22.5. The van der Waals surface area contributed by atoms with E-state index in [1.807, 2.05) is 0 Å². The van der Waals surface area contributed by atoms with Crippen LogP contribution < -0.4 is 0 Å². The SMILES string of the molecule is CC(=O)O[C@H]1CC2(C[C@@H]1OC(C)=O)C(=N)[C@@H]1CC[C@H]2C1. The molecule has 4 atom stereocenters. The topological polar surface area (TPSA) is 76.5 Å². The molecule has 0 aromatic carbocycles. The van der Waals surface area contributed by atoms with Crippen LogP contribution in [0.3, 0.4) is 0 Å². The molecule has 0 unspecified atom stereocenters. The Kier molecular flexibility index (Phi) is 3.10. The summed E-state index contributed by atoms with van der Waals surface area (Å²) in [7, 11) is 0. The second kappa shape index (κ2) is 4.57. The molecule has 110 valence electrons. The van der Waals surface area contributed by atoms with E-state index in [4.69, 9.17) is 14.9 Å². The molecule has 3 aliphatic rings. The zero-order chi connectivity index (χ0) is 14.5. The highest BCUT2D eigenvalue weighted by Crippen LogP contribution is 2.61. The van der Waals surface area contributed by atoms with E-state index in [0.29, 0.717) is 24.7 Å². The molecule has 0 aromatic rings. The maximum Gasteiger partial charge on any atom is 0.303 e. The van der Waals surface area contributed by atoms with Crippen molar-refractivity contribution >= 4 is 17.7 Å². The molecule has 3 fully saturated rings. The van der Waals surface area contributed by atoms with E-state index in [-0.39, 0.29) is 17.4 Å². The fraction of sp³-hybridized carbons (Fsp3) is 0.800. The number of rotatable bonds is 2. The second-order valence-corrected chi connectivity index (χ2v) is 6.48. The number of carbonyl (C=O) groups excluding carboxylic acids is 2. The van der Waals surface area contributed by atoms with Gasteiger partial charge in [0.15, 0.2) is 0 Å². The molecular weight excluding hydrogens is 258 g/mol. The summed E-state index contributed by atoms with van der Waals surface area (Å²) in [6.07, 6.45) is 3.84. The molecule has 0 aliphatic heterocycles. The molecule has 0 heterocycles. The number of fused-ring (bicyclic) bond motifs is 3. The largest absolute Gasteiger partial charge is 0.459 e. The van der Waals surface area contributed by atoms with Crippen LogP contribution in [0.5, 0.6) is 0 Å². The van der Waals surface area contributed by atoms with Gasteiger partial charge in [-0.1, -0.05) is 0 Å². The summed E-state index contributed by atoms with van der Waals surface area (Å²) in [5.41, 5.74) is 0.615. The lowest BCUT2D eigenvalue weighted by molar-refractivity contribution is -0.162. The molecule has 2 bridgehead atoms. The van der Waals surface area contributed by atoms with Crippen LogP contribution in [0.1, 0.15) is 46.0 Å². The number of hydrogen-bond donors (Lipinski definition) is 1. The van der Waals surface area contributed by atoms with Crippen molar-refractivity contribution in [1.29, 1.82) is 5.41 Å². The molecule has 3 saturated carbocycles. The van der Waals surface area contributed by atoms with Crippen molar-refractivity contribution in [1.82, 2.24) is 0 Å². The number of nitrogens with one attached hydrogen (secondary N) is 1. The van der Waals surface area contributed by atoms with E-state index in [1.54, 1.807) is 0 Å². The third-order valence-corrected chi connectivity index (χ3v) is 5.34. The molecule has 0 amide bonds. The van der Waals surface area contributed by atoms with Gasteiger partial charge in [-0.15, -0.1) is 0 Å². The Labute approximate surface area is 118 Å². The first-order valence-corrected chi connectivity index (χ1v) is 7.36. The van der Waals surface area contributed by atoms with Gasteiger partial charge in [0.1, 0.15) is 12.2 Å². The lowest BCUT2D eigenvalue weighted by atomic mass is 9.70. The fourth-order valence-corrected chi connectivity index (χ4v) is 4.65. The Morgan fingerprint density at radius 3 is 2.05 bits per heavy atom. The van der Waals surface area contributed by atoms with Crippen LogP contribution in [-0.4, -0.2) is 29.9 Å². The van der Waals surface area contributed by atoms with Crippen LogP contribution in [-0.2, 0) is 19.1 Å². The van der Waals surface area contributed by atoms with E-state index < -0.39 is 12.2 Å². The third kappa shape index (κ3) is 1.95. The highest BCUT2D eigenvalue weighted by atomic mass is 16.6. The summed E-state index contributed by atoms with van der Waals surface area (Å²) in [5.74, 6) is 0.199. The van der Waals surface area contributed by atoms with Gasteiger partial charge in [0, 0.05) is 25.0 Å². The maximum absolute atomic E-state index is 11.3. The second-order valence-electron chi connectivity index (χ2n) is 6.48. The number of esters is 2. The summed E-state index contributed by atoms with van der Waals surface area (Å²) in [5, 5.41) is 8.45. The van der Waals surface area contributed by atoms with Crippen LogP contribution in [0, 0.1) is 22.7 Å². The van der Waals surface area contributed by atoms with E-state index in [0.717, 1.165) is 25.0 Å². The summed E-state index contributed by atoms with van der Waals surface area (Å²) >= 11 is 0. The molecule has 1 spiro atoms. The zero-order valence-electron chi connectivity index (χ0n) is 12.0. The van der Waals surface area contributed by atoms with Gasteiger partial charge < -0.3 is 14.9 Å². The summed E-state index contributed by atoms with van der Waals surface area (Å²) in [6, 6.07) is 0. The third-order valence-electron chi connectivity index (χ3n) is 5.34. The smallest absolute Gasteiger partial charge is 0.303 e. The predicted octanol–water partition coefficient (Wildman–Crippen LogP) is 2.08.